The third-order valence-corrected chi connectivity index (χ3v) is 2.95. The third-order valence-electron chi connectivity index (χ3n) is 2.74. The summed E-state index contributed by atoms with van der Waals surface area (Å²) < 4.78 is 11.2. The molecule has 3 rings (SSSR count). The first-order chi connectivity index (χ1) is 9.31. The number of pyridine rings is 1. The molecule has 19 heavy (non-hydrogen) atoms. The van der Waals surface area contributed by atoms with Crippen LogP contribution in [0.5, 0.6) is 11.5 Å². The van der Waals surface area contributed by atoms with Crippen LogP contribution >= 0.6 is 11.6 Å². The van der Waals surface area contributed by atoms with Gasteiger partial charge in [0, 0.05) is 18.2 Å². The van der Waals surface area contributed by atoms with Crippen molar-refractivity contribution in [3.8, 4) is 11.5 Å². The van der Waals surface area contributed by atoms with Gasteiger partial charge in [-0.1, -0.05) is 17.7 Å². The lowest BCUT2D eigenvalue weighted by Crippen LogP contribution is -1.97. The number of nitrogens with one attached hydrogen (secondary N) is 1. The zero-order valence-corrected chi connectivity index (χ0v) is 11.0. The number of hydrogen-bond acceptors (Lipinski definition) is 4. The predicted octanol–water partition coefficient (Wildman–Crippen LogP) is 3.64. The van der Waals surface area contributed by atoms with Crippen molar-refractivity contribution in [1.29, 1.82) is 0 Å². The second kappa shape index (κ2) is 5.36. The monoisotopic (exact) mass is 276 g/mol. The number of halogens is 1. The molecule has 2 heterocycles. The van der Waals surface area contributed by atoms with E-state index in [1.807, 2.05) is 30.3 Å². The van der Waals surface area contributed by atoms with Crippen molar-refractivity contribution in [2.24, 2.45) is 0 Å². The molecule has 98 valence electrons. The average Bonchev–Trinajstić information content (AvgIpc) is 2.63. The Balaban J connectivity index is 1.84. The van der Waals surface area contributed by atoms with Gasteiger partial charge in [0.15, 0.2) is 11.5 Å². The molecular formula is C14H13ClN2O2. The lowest BCUT2D eigenvalue weighted by Gasteiger charge is -2.10. The van der Waals surface area contributed by atoms with Gasteiger partial charge < -0.3 is 14.8 Å². The fourth-order valence-corrected chi connectivity index (χ4v) is 2.03. The molecule has 1 aliphatic heterocycles. The highest BCUT2D eigenvalue weighted by Crippen LogP contribution is 2.33. The molecule has 2 aromatic rings. The van der Waals surface area contributed by atoms with Gasteiger partial charge in [0.05, 0.1) is 13.2 Å². The molecule has 0 radical (unpaired) electrons. The summed E-state index contributed by atoms with van der Waals surface area (Å²) in [5.41, 5.74) is 0.888. The normalized spacial score (nSPS) is 13.7. The van der Waals surface area contributed by atoms with Gasteiger partial charge in [0.1, 0.15) is 11.0 Å². The Hall–Kier alpha value is -1.94. The van der Waals surface area contributed by atoms with Crippen molar-refractivity contribution < 1.29 is 9.47 Å². The molecule has 0 spiro atoms. The first-order valence-corrected chi connectivity index (χ1v) is 6.48. The van der Waals surface area contributed by atoms with Gasteiger partial charge in [-0.05, 0) is 24.3 Å². The van der Waals surface area contributed by atoms with Crippen molar-refractivity contribution in [3.05, 3.63) is 41.6 Å². The lowest BCUT2D eigenvalue weighted by molar-refractivity contribution is 0.297. The third kappa shape index (κ3) is 2.90. The van der Waals surface area contributed by atoms with Crippen LogP contribution in [0.2, 0.25) is 5.15 Å². The van der Waals surface area contributed by atoms with Crippen molar-refractivity contribution in [1.82, 2.24) is 4.98 Å². The smallest absolute Gasteiger partial charge is 0.163 e. The number of nitrogens with zero attached hydrogens (tertiary/aromatic N) is 1. The largest absolute Gasteiger partial charge is 0.490 e. The molecule has 0 fully saturated rings. The Kier molecular flexibility index (Phi) is 3.42. The number of hydrogen-bond donors (Lipinski definition) is 1. The van der Waals surface area contributed by atoms with Gasteiger partial charge in [-0.3, -0.25) is 0 Å². The van der Waals surface area contributed by atoms with Crippen LogP contribution in [0.1, 0.15) is 6.42 Å². The fraction of sp³-hybridized carbons (Fsp3) is 0.214. The Bertz CT molecular complexity index is 589. The van der Waals surface area contributed by atoms with Crippen LogP contribution < -0.4 is 14.8 Å². The number of rotatable bonds is 2. The van der Waals surface area contributed by atoms with Gasteiger partial charge in [0.25, 0.3) is 0 Å². The van der Waals surface area contributed by atoms with Crippen molar-refractivity contribution in [3.63, 3.8) is 0 Å². The number of ether oxygens (including phenoxy) is 2. The van der Waals surface area contributed by atoms with Gasteiger partial charge in [-0.2, -0.15) is 0 Å². The Morgan fingerprint density at radius 2 is 1.89 bits per heavy atom. The average molecular weight is 277 g/mol. The number of fused-ring (bicyclic) bond motifs is 1. The highest BCUT2D eigenvalue weighted by Gasteiger charge is 2.10. The molecule has 0 amide bonds. The molecule has 1 aromatic carbocycles. The molecular weight excluding hydrogens is 264 g/mol. The lowest BCUT2D eigenvalue weighted by atomic mass is 10.2. The van der Waals surface area contributed by atoms with E-state index >= 15 is 0 Å². The Morgan fingerprint density at radius 1 is 1.05 bits per heavy atom. The van der Waals surface area contributed by atoms with E-state index in [-0.39, 0.29) is 0 Å². The Labute approximate surface area is 116 Å². The maximum atomic E-state index is 5.85. The standard InChI is InChI=1S/C14H13ClN2O2/c15-13-3-1-4-14(17-13)16-10-5-6-11-12(9-10)19-8-2-7-18-11/h1,3-6,9H,2,7-8H2,(H,16,17). The molecule has 4 nitrogen and oxygen atoms in total. The van der Waals surface area contributed by atoms with Crippen LogP contribution in [0.4, 0.5) is 11.5 Å². The minimum atomic E-state index is 0.458. The summed E-state index contributed by atoms with van der Waals surface area (Å²) >= 11 is 5.85. The van der Waals surface area contributed by atoms with Gasteiger partial charge in [0.2, 0.25) is 0 Å². The van der Waals surface area contributed by atoms with E-state index in [2.05, 4.69) is 10.3 Å². The van der Waals surface area contributed by atoms with E-state index in [1.165, 1.54) is 0 Å². The summed E-state index contributed by atoms with van der Waals surface area (Å²) in [5.74, 6) is 2.23. The quantitative estimate of drug-likeness (QED) is 0.851. The summed E-state index contributed by atoms with van der Waals surface area (Å²) in [7, 11) is 0. The molecule has 0 saturated heterocycles. The minimum Gasteiger partial charge on any atom is -0.490 e. The SMILES string of the molecule is Clc1cccc(Nc2ccc3c(c2)OCCCO3)n1. The zero-order valence-electron chi connectivity index (χ0n) is 10.2. The summed E-state index contributed by atoms with van der Waals surface area (Å²) in [6.45, 7) is 1.36. The molecule has 1 aliphatic rings. The molecule has 1 aromatic heterocycles. The molecule has 0 atom stereocenters. The van der Waals surface area contributed by atoms with Crippen LogP contribution in [0.15, 0.2) is 36.4 Å². The van der Waals surface area contributed by atoms with E-state index in [4.69, 9.17) is 21.1 Å². The van der Waals surface area contributed by atoms with Crippen molar-refractivity contribution in [2.45, 2.75) is 6.42 Å². The molecule has 0 unspecified atom stereocenters. The summed E-state index contributed by atoms with van der Waals surface area (Å²) in [6.07, 6.45) is 0.896. The predicted molar refractivity (Wildman–Crippen MR) is 74.6 cm³/mol. The fourth-order valence-electron chi connectivity index (χ4n) is 1.87. The highest BCUT2D eigenvalue weighted by molar-refractivity contribution is 6.29. The second-order valence-electron chi connectivity index (χ2n) is 4.18. The van der Waals surface area contributed by atoms with E-state index in [9.17, 15) is 0 Å². The number of benzene rings is 1. The summed E-state index contributed by atoms with van der Waals surface area (Å²) in [4.78, 5) is 4.18. The first-order valence-electron chi connectivity index (χ1n) is 6.10. The van der Waals surface area contributed by atoms with Crippen molar-refractivity contribution >= 4 is 23.1 Å². The van der Waals surface area contributed by atoms with Crippen LogP contribution in [-0.4, -0.2) is 18.2 Å². The Morgan fingerprint density at radius 3 is 2.74 bits per heavy atom. The molecule has 1 N–H and O–H groups in total. The molecule has 0 saturated carbocycles. The van der Waals surface area contributed by atoms with Crippen LogP contribution in [0.3, 0.4) is 0 Å². The van der Waals surface area contributed by atoms with Gasteiger partial charge >= 0.3 is 0 Å². The molecule has 5 heteroatoms. The maximum absolute atomic E-state index is 5.85. The minimum absolute atomic E-state index is 0.458. The summed E-state index contributed by atoms with van der Waals surface area (Å²) in [5, 5.41) is 3.64. The zero-order chi connectivity index (χ0) is 13.1. The van der Waals surface area contributed by atoms with Crippen LogP contribution in [0.25, 0.3) is 0 Å². The molecule has 0 aliphatic carbocycles. The molecule has 0 bridgehead atoms. The van der Waals surface area contributed by atoms with Crippen molar-refractivity contribution in [2.75, 3.05) is 18.5 Å². The van der Waals surface area contributed by atoms with Crippen LogP contribution in [0, 0.1) is 0 Å². The van der Waals surface area contributed by atoms with E-state index in [1.54, 1.807) is 6.07 Å². The van der Waals surface area contributed by atoms with E-state index in [0.29, 0.717) is 24.2 Å². The second-order valence-corrected chi connectivity index (χ2v) is 4.57. The van der Waals surface area contributed by atoms with Crippen LogP contribution in [-0.2, 0) is 0 Å². The highest BCUT2D eigenvalue weighted by atomic mass is 35.5. The van der Waals surface area contributed by atoms with E-state index < -0.39 is 0 Å². The maximum Gasteiger partial charge on any atom is 0.163 e. The number of anilines is 2. The van der Waals surface area contributed by atoms with Gasteiger partial charge in [-0.25, -0.2) is 4.98 Å². The van der Waals surface area contributed by atoms with E-state index in [0.717, 1.165) is 23.6 Å². The van der Waals surface area contributed by atoms with Gasteiger partial charge in [-0.15, -0.1) is 0 Å². The number of aromatic nitrogens is 1. The first kappa shape index (κ1) is 12.1. The summed E-state index contributed by atoms with van der Waals surface area (Å²) in [6, 6.07) is 11.2. The topological polar surface area (TPSA) is 43.4 Å².